The smallest absolute Gasteiger partial charge is 0.254 e. The summed E-state index contributed by atoms with van der Waals surface area (Å²) >= 11 is 1.12. The van der Waals surface area contributed by atoms with Crippen molar-refractivity contribution in [1.29, 1.82) is 0 Å². The minimum atomic E-state index is -3.59. The van der Waals surface area contributed by atoms with E-state index in [-0.39, 0.29) is 10.3 Å². The van der Waals surface area contributed by atoms with Crippen molar-refractivity contribution in [3.8, 4) is 5.75 Å². The quantitative estimate of drug-likeness (QED) is 0.873. The highest BCUT2D eigenvalue weighted by atomic mass is 32.2. The van der Waals surface area contributed by atoms with Gasteiger partial charge in [-0.25, -0.2) is 13.1 Å². The van der Waals surface area contributed by atoms with Gasteiger partial charge in [0.2, 0.25) is 0 Å². The lowest BCUT2D eigenvalue weighted by Crippen LogP contribution is -2.26. The topological polar surface area (TPSA) is 84.1 Å². The second kappa shape index (κ2) is 5.09. The Morgan fingerprint density at radius 1 is 1.50 bits per heavy atom. The van der Waals surface area contributed by atoms with E-state index >= 15 is 0 Å². The maximum Gasteiger partial charge on any atom is 0.254 e. The molecule has 0 unspecified atom stereocenters. The van der Waals surface area contributed by atoms with E-state index in [1.165, 1.54) is 7.11 Å². The van der Waals surface area contributed by atoms with Crippen LogP contribution in [0.2, 0.25) is 0 Å². The zero-order valence-electron chi connectivity index (χ0n) is 9.88. The molecular formula is C10H13N3O3S2. The molecule has 0 saturated carbocycles. The number of rotatable bonds is 5. The van der Waals surface area contributed by atoms with Gasteiger partial charge in [0.05, 0.1) is 18.8 Å². The molecule has 1 atom stereocenters. The second-order valence-electron chi connectivity index (χ2n) is 3.63. The highest BCUT2D eigenvalue weighted by molar-refractivity contribution is 7.91. The lowest BCUT2D eigenvalue weighted by molar-refractivity contribution is 0.406. The third-order valence-electron chi connectivity index (χ3n) is 2.38. The molecule has 0 radical (unpaired) electrons. The lowest BCUT2D eigenvalue weighted by Gasteiger charge is -2.12. The fraction of sp³-hybridized carbons (Fsp3) is 0.300. The van der Waals surface area contributed by atoms with Crippen molar-refractivity contribution >= 4 is 21.4 Å². The summed E-state index contributed by atoms with van der Waals surface area (Å²) in [5.74, 6) is 0.351. The molecule has 0 spiro atoms. The van der Waals surface area contributed by atoms with Gasteiger partial charge in [0, 0.05) is 6.20 Å². The molecule has 0 amide bonds. The standard InChI is InChI=1S/C10H13N3O3S2/c1-7(8-3-5-11-12-8)13-18(14,15)10-9(16-2)4-6-17-10/h3-7,13H,1-2H3,(H,11,12)/t7-/m1/s1. The average molecular weight is 287 g/mol. The summed E-state index contributed by atoms with van der Waals surface area (Å²) in [5.41, 5.74) is 0.703. The van der Waals surface area contributed by atoms with Crippen LogP contribution in [0.5, 0.6) is 5.75 Å². The van der Waals surface area contributed by atoms with Crippen molar-refractivity contribution < 1.29 is 13.2 Å². The number of nitrogens with one attached hydrogen (secondary N) is 2. The van der Waals surface area contributed by atoms with E-state index in [0.29, 0.717) is 11.4 Å². The highest BCUT2D eigenvalue weighted by Gasteiger charge is 2.24. The van der Waals surface area contributed by atoms with Gasteiger partial charge in [-0.1, -0.05) is 0 Å². The van der Waals surface area contributed by atoms with Gasteiger partial charge < -0.3 is 4.74 Å². The third kappa shape index (κ3) is 2.55. The number of thiophene rings is 1. The van der Waals surface area contributed by atoms with E-state index in [2.05, 4.69) is 14.9 Å². The van der Waals surface area contributed by atoms with E-state index in [0.717, 1.165) is 11.3 Å². The molecule has 2 N–H and O–H groups in total. The minimum absolute atomic E-state index is 0.177. The minimum Gasteiger partial charge on any atom is -0.494 e. The number of nitrogens with zero attached hydrogens (tertiary/aromatic N) is 1. The van der Waals surface area contributed by atoms with Crippen molar-refractivity contribution in [3.05, 3.63) is 29.4 Å². The molecule has 2 aromatic heterocycles. The Labute approximate surface area is 109 Å². The molecule has 6 nitrogen and oxygen atoms in total. The average Bonchev–Trinajstić information content (AvgIpc) is 2.99. The number of hydrogen-bond donors (Lipinski definition) is 2. The van der Waals surface area contributed by atoms with Gasteiger partial charge in [0.1, 0.15) is 5.75 Å². The third-order valence-corrected chi connectivity index (χ3v) is 5.37. The highest BCUT2D eigenvalue weighted by Crippen LogP contribution is 2.30. The first-order valence-corrected chi connectivity index (χ1v) is 7.54. The summed E-state index contributed by atoms with van der Waals surface area (Å²) in [4.78, 5) is 0. The van der Waals surface area contributed by atoms with Crippen molar-refractivity contribution in [3.63, 3.8) is 0 Å². The molecule has 2 aromatic rings. The summed E-state index contributed by atoms with van der Waals surface area (Å²) in [5, 5.41) is 8.19. The molecular weight excluding hydrogens is 274 g/mol. The number of methoxy groups -OCH3 is 1. The summed E-state index contributed by atoms with van der Waals surface area (Å²) < 4.78 is 32.1. The van der Waals surface area contributed by atoms with E-state index in [4.69, 9.17) is 4.74 Å². The van der Waals surface area contributed by atoms with Gasteiger partial charge in [0.25, 0.3) is 10.0 Å². The maximum absolute atomic E-state index is 12.2. The molecule has 0 fully saturated rings. The van der Waals surface area contributed by atoms with E-state index < -0.39 is 10.0 Å². The SMILES string of the molecule is COc1ccsc1S(=O)(=O)N[C@H](C)c1ccn[nH]1. The van der Waals surface area contributed by atoms with Gasteiger partial charge >= 0.3 is 0 Å². The van der Waals surface area contributed by atoms with Gasteiger partial charge in [0.15, 0.2) is 4.21 Å². The Bertz CT molecular complexity index is 604. The molecule has 0 aliphatic heterocycles. The summed E-state index contributed by atoms with van der Waals surface area (Å²) in [6, 6.07) is 2.96. The van der Waals surface area contributed by atoms with Gasteiger partial charge in [-0.05, 0) is 24.4 Å². The normalized spacial score (nSPS) is 13.4. The van der Waals surface area contributed by atoms with E-state index in [1.807, 2.05) is 0 Å². The van der Waals surface area contributed by atoms with Crippen LogP contribution in [0.15, 0.2) is 27.9 Å². The van der Waals surface area contributed by atoms with Crippen molar-refractivity contribution in [2.75, 3.05) is 7.11 Å². The largest absolute Gasteiger partial charge is 0.494 e. The lowest BCUT2D eigenvalue weighted by atomic mass is 10.3. The number of hydrogen-bond acceptors (Lipinski definition) is 5. The molecule has 0 aliphatic carbocycles. The van der Waals surface area contributed by atoms with E-state index in [9.17, 15) is 8.42 Å². The molecule has 98 valence electrons. The first kappa shape index (κ1) is 13.1. The first-order chi connectivity index (χ1) is 8.54. The Balaban J connectivity index is 2.23. The number of ether oxygens (including phenoxy) is 1. The molecule has 0 aromatic carbocycles. The molecule has 18 heavy (non-hydrogen) atoms. The Hall–Kier alpha value is -1.38. The zero-order chi connectivity index (χ0) is 13.2. The maximum atomic E-state index is 12.2. The number of aromatic nitrogens is 2. The van der Waals surface area contributed by atoms with Crippen LogP contribution in [0.3, 0.4) is 0 Å². The van der Waals surface area contributed by atoms with Crippen LogP contribution >= 0.6 is 11.3 Å². The van der Waals surface area contributed by atoms with Gasteiger partial charge in [-0.2, -0.15) is 5.10 Å². The monoisotopic (exact) mass is 287 g/mol. The molecule has 8 heteroatoms. The molecule has 0 saturated heterocycles. The second-order valence-corrected chi connectivity index (χ2v) is 6.46. The Morgan fingerprint density at radius 2 is 2.28 bits per heavy atom. The van der Waals surface area contributed by atoms with Crippen LogP contribution < -0.4 is 9.46 Å². The van der Waals surface area contributed by atoms with Crippen LogP contribution in [0.4, 0.5) is 0 Å². The van der Waals surface area contributed by atoms with Crippen molar-refractivity contribution in [2.45, 2.75) is 17.2 Å². The van der Waals surface area contributed by atoms with Crippen LogP contribution in [0.25, 0.3) is 0 Å². The van der Waals surface area contributed by atoms with Crippen LogP contribution in [-0.4, -0.2) is 25.7 Å². The summed E-state index contributed by atoms with van der Waals surface area (Å²) in [7, 11) is -2.15. The summed E-state index contributed by atoms with van der Waals surface area (Å²) in [6.07, 6.45) is 1.58. The van der Waals surface area contributed by atoms with Gasteiger partial charge in [-0.3, -0.25) is 5.10 Å². The van der Waals surface area contributed by atoms with Crippen LogP contribution in [-0.2, 0) is 10.0 Å². The van der Waals surface area contributed by atoms with Crippen molar-refractivity contribution in [1.82, 2.24) is 14.9 Å². The molecule has 2 heterocycles. The Kier molecular flexibility index (Phi) is 3.69. The molecule has 2 rings (SSSR count). The number of aromatic amines is 1. The molecule has 0 aliphatic rings. The first-order valence-electron chi connectivity index (χ1n) is 5.17. The van der Waals surface area contributed by atoms with Crippen molar-refractivity contribution in [2.24, 2.45) is 0 Å². The zero-order valence-corrected chi connectivity index (χ0v) is 11.5. The van der Waals surface area contributed by atoms with Crippen LogP contribution in [0.1, 0.15) is 18.7 Å². The predicted molar refractivity (Wildman–Crippen MR) is 68.2 cm³/mol. The van der Waals surface area contributed by atoms with Gasteiger partial charge in [-0.15, -0.1) is 11.3 Å². The fourth-order valence-corrected chi connectivity index (χ4v) is 4.00. The predicted octanol–water partition coefficient (Wildman–Crippen LogP) is 1.52. The number of H-pyrrole nitrogens is 1. The summed E-state index contributed by atoms with van der Waals surface area (Å²) in [6.45, 7) is 1.74. The number of sulfonamides is 1. The molecule has 0 bridgehead atoms. The van der Waals surface area contributed by atoms with E-state index in [1.54, 1.807) is 30.6 Å². The van der Waals surface area contributed by atoms with Crippen LogP contribution in [0, 0.1) is 0 Å². The Morgan fingerprint density at radius 3 is 2.89 bits per heavy atom. The fourth-order valence-electron chi connectivity index (χ4n) is 1.49.